The number of nitrogens with zero attached hydrogens (tertiary/aromatic N) is 1. The van der Waals surface area contributed by atoms with Crippen molar-refractivity contribution in [1.82, 2.24) is 5.06 Å². The van der Waals surface area contributed by atoms with Crippen molar-refractivity contribution < 1.29 is 19.8 Å². The summed E-state index contributed by atoms with van der Waals surface area (Å²) in [6.45, 7) is 11.0. The summed E-state index contributed by atoms with van der Waals surface area (Å²) in [7, 11) is 0. The van der Waals surface area contributed by atoms with E-state index in [1.165, 1.54) is 5.06 Å². The number of ether oxygens (including phenoxy) is 1. The van der Waals surface area contributed by atoms with Crippen LogP contribution in [-0.4, -0.2) is 45.1 Å². The normalized spacial score (nSPS) is 24.7. The standard InChI is InChI=1S/C14H25NO4/c1-7-19-12(17)9(2)11(16)10-8-13(3,4)15(18)14(10,5)6/h8-9,11,16,18H,7H2,1-6H3. The molecular formula is C14H25NO4. The Morgan fingerprint density at radius 3 is 2.32 bits per heavy atom. The Morgan fingerprint density at radius 1 is 1.42 bits per heavy atom. The lowest BCUT2D eigenvalue weighted by Crippen LogP contribution is -2.49. The lowest BCUT2D eigenvalue weighted by atomic mass is 9.86. The van der Waals surface area contributed by atoms with Crippen LogP contribution in [0.4, 0.5) is 0 Å². The third kappa shape index (κ3) is 2.83. The molecule has 1 heterocycles. The van der Waals surface area contributed by atoms with Crippen LogP contribution in [0.15, 0.2) is 11.6 Å². The van der Waals surface area contributed by atoms with Gasteiger partial charge in [-0.15, -0.1) is 0 Å². The smallest absolute Gasteiger partial charge is 0.311 e. The molecule has 0 aromatic carbocycles. The Hall–Kier alpha value is -0.910. The third-order valence-electron chi connectivity index (χ3n) is 3.74. The molecule has 0 radical (unpaired) electrons. The summed E-state index contributed by atoms with van der Waals surface area (Å²) in [4.78, 5) is 11.7. The number of aliphatic hydroxyl groups is 1. The van der Waals surface area contributed by atoms with E-state index in [1.807, 2.05) is 33.8 Å². The van der Waals surface area contributed by atoms with E-state index in [1.54, 1.807) is 13.8 Å². The molecule has 0 saturated carbocycles. The fourth-order valence-electron chi connectivity index (χ4n) is 2.58. The maximum Gasteiger partial charge on any atom is 0.311 e. The topological polar surface area (TPSA) is 70.0 Å². The van der Waals surface area contributed by atoms with E-state index in [9.17, 15) is 15.1 Å². The largest absolute Gasteiger partial charge is 0.466 e. The van der Waals surface area contributed by atoms with Crippen LogP contribution in [0.2, 0.25) is 0 Å². The fraction of sp³-hybridized carbons (Fsp3) is 0.786. The molecule has 110 valence electrons. The maximum absolute atomic E-state index is 11.7. The minimum Gasteiger partial charge on any atom is -0.466 e. The Morgan fingerprint density at radius 2 is 1.95 bits per heavy atom. The lowest BCUT2D eigenvalue weighted by molar-refractivity contribution is -0.188. The number of hydroxylamine groups is 2. The van der Waals surface area contributed by atoms with Gasteiger partial charge in [0.15, 0.2) is 0 Å². The monoisotopic (exact) mass is 271 g/mol. The first-order valence-electron chi connectivity index (χ1n) is 6.62. The molecule has 19 heavy (non-hydrogen) atoms. The first-order chi connectivity index (χ1) is 8.55. The molecular weight excluding hydrogens is 246 g/mol. The van der Waals surface area contributed by atoms with E-state index in [2.05, 4.69) is 0 Å². The second-order valence-electron chi connectivity index (χ2n) is 6.11. The molecule has 0 saturated heterocycles. The van der Waals surface area contributed by atoms with E-state index in [-0.39, 0.29) is 6.61 Å². The number of carbonyl (C=O) groups excluding carboxylic acids is 1. The Labute approximate surface area is 114 Å². The highest BCUT2D eigenvalue weighted by molar-refractivity contribution is 5.73. The first-order valence-corrected chi connectivity index (χ1v) is 6.62. The second kappa shape index (κ2) is 5.23. The first kappa shape index (κ1) is 16.1. The van der Waals surface area contributed by atoms with Crippen LogP contribution in [0.5, 0.6) is 0 Å². The molecule has 2 atom stereocenters. The zero-order valence-corrected chi connectivity index (χ0v) is 12.6. The molecule has 5 nitrogen and oxygen atoms in total. The number of hydrogen-bond acceptors (Lipinski definition) is 5. The van der Waals surface area contributed by atoms with Crippen molar-refractivity contribution in [3.8, 4) is 0 Å². The molecule has 0 fully saturated rings. The number of rotatable bonds is 4. The molecule has 0 spiro atoms. The average molecular weight is 271 g/mol. The molecule has 0 aromatic rings. The van der Waals surface area contributed by atoms with E-state index >= 15 is 0 Å². The Bertz CT molecular complexity index is 387. The van der Waals surface area contributed by atoms with Crippen LogP contribution in [0, 0.1) is 5.92 Å². The van der Waals surface area contributed by atoms with Gasteiger partial charge in [-0.1, -0.05) is 6.08 Å². The van der Waals surface area contributed by atoms with E-state index in [4.69, 9.17) is 4.74 Å². The van der Waals surface area contributed by atoms with Crippen molar-refractivity contribution in [3.63, 3.8) is 0 Å². The quantitative estimate of drug-likeness (QED) is 0.602. The number of esters is 1. The zero-order valence-electron chi connectivity index (χ0n) is 12.6. The minimum atomic E-state index is -0.967. The molecule has 1 aliphatic rings. The van der Waals surface area contributed by atoms with Crippen LogP contribution < -0.4 is 0 Å². The van der Waals surface area contributed by atoms with E-state index < -0.39 is 29.1 Å². The molecule has 0 bridgehead atoms. The van der Waals surface area contributed by atoms with Gasteiger partial charge < -0.3 is 15.1 Å². The highest BCUT2D eigenvalue weighted by Crippen LogP contribution is 2.41. The highest BCUT2D eigenvalue weighted by Gasteiger charge is 2.48. The van der Waals surface area contributed by atoms with Crippen LogP contribution in [0.3, 0.4) is 0 Å². The molecule has 2 N–H and O–H groups in total. The summed E-state index contributed by atoms with van der Waals surface area (Å²) >= 11 is 0. The summed E-state index contributed by atoms with van der Waals surface area (Å²) in [6, 6.07) is 0. The van der Waals surface area contributed by atoms with Gasteiger partial charge in [0.1, 0.15) is 0 Å². The summed E-state index contributed by atoms with van der Waals surface area (Å²) in [6.07, 6.45) is 0.846. The van der Waals surface area contributed by atoms with E-state index in [0.717, 1.165) is 0 Å². The Balaban J connectivity index is 2.99. The van der Waals surface area contributed by atoms with Crippen molar-refractivity contribution in [2.45, 2.75) is 58.7 Å². The van der Waals surface area contributed by atoms with Gasteiger partial charge in [-0.3, -0.25) is 4.79 Å². The van der Waals surface area contributed by atoms with Gasteiger partial charge in [-0.25, -0.2) is 0 Å². The molecule has 1 aliphatic heterocycles. The minimum absolute atomic E-state index is 0.288. The molecule has 0 amide bonds. The maximum atomic E-state index is 11.7. The van der Waals surface area contributed by atoms with Gasteiger partial charge in [0.05, 0.1) is 29.7 Å². The molecule has 5 heteroatoms. The van der Waals surface area contributed by atoms with Crippen molar-refractivity contribution in [2.24, 2.45) is 5.92 Å². The van der Waals surface area contributed by atoms with Gasteiger partial charge in [-0.05, 0) is 47.1 Å². The number of hydrogen-bond donors (Lipinski definition) is 2. The SMILES string of the molecule is CCOC(=O)C(C)C(O)C1=CC(C)(C)N(O)C1(C)C. The van der Waals surface area contributed by atoms with Gasteiger partial charge >= 0.3 is 5.97 Å². The highest BCUT2D eigenvalue weighted by atomic mass is 16.5. The molecule has 2 unspecified atom stereocenters. The summed E-state index contributed by atoms with van der Waals surface area (Å²) < 4.78 is 4.93. The summed E-state index contributed by atoms with van der Waals surface area (Å²) in [5, 5.41) is 21.8. The van der Waals surface area contributed by atoms with E-state index in [0.29, 0.717) is 5.57 Å². The Kier molecular flexibility index (Phi) is 4.44. The number of carbonyl (C=O) groups is 1. The third-order valence-corrected chi connectivity index (χ3v) is 3.74. The van der Waals surface area contributed by atoms with Crippen molar-refractivity contribution in [1.29, 1.82) is 0 Å². The van der Waals surface area contributed by atoms with Crippen molar-refractivity contribution >= 4 is 5.97 Å². The average Bonchev–Trinajstić information content (AvgIpc) is 2.48. The van der Waals surface area contributed by atoms with Gasteiger partial charge in [0, 0.05) is 0 Å². The lowest BCUT2D eigenvalue weighted by Gasteiger charge is -2.37. The predicted octanol–water partition coefficient (Wildman–Crippen LogP) is 1.73. The summed E-state index contributed by atoms with van der Waals surface area (Å²) in [5.41, 5.74) is -0.654. The van der Waals surface area contributed by atoms with Crippen LogP contribution in [-0.2, 0) is 9.53 Å². The van der Waals surface area contributed by atoms with Gasteiger partial charge in [-0.2, -0.15) is 5.06 Å². The molecule has 0 aliphatic carbocycles. The second-order valence-corrected chi connectivity index (χ2v) is 6.11. The van der Waals surface area contributed by atoms with Crippen molar-refractivity contribution in [2.75, 3.05) is 6.61 Å². The fourth-order valence-corrected chi connectivity index (χ4v) is 2.58. The van der Waals surface area contributed by atoms with Gasteiger partial charge in [0.2, 0.25) is 0 Å². The molecule has 1 rings (SSSR count). The summed E-state index contributed by atoms with van der Waals surface area (Å²) in [5.74, 6) is -1.09. The van der Waals surface area contributed by atoms with Crippen LogP contribution >= 0.6 is 0 Å². The number of aliphatic hydroxyl groups excluding tert-OH is 1. The van der Waals surface area contributed by atoms with Crippen LogP contribution in [0.25, 0.3) is 0 Å². The van der Waals surface area contributed by atoms with Crippen LogP contribution in [0.1, 0.15) is 41.5 Å². The zero-order chi connectivity index (χ0) is 15.0. The van der Waals surface area contributed by atoms with Crippen molar-refractivity contribution in [3.05, 3.63) is 11.6 Å². The predicted molar refractivity (Wildman–Crippen MR) is 71.7 cm³/mol. The van der Waals surface area contributed by atoms with Gasteiger partial charge in [0.25, 0.3) is 0 Å². The molecule has 0 aromatic heterocycles.